The van der Waals surface area contributed by atoms with Gasteiger partial charge < -0.3 is 10.1 Å². The largest absolute Gasteiger partial charge is 0.379 e. The molecular formula is C20H28N4O3. The third kappa shape index (κ3) is 5.14. The Morgan fingerprint density at radius 2 is 1.96 bits per heavy atom. The molecule has 1 atom stereocenters. The van der Waals surface area contributed by atoms with Gasteiger partial charge in [-0.05, 0) is 18.4 Å². The number of carbonyl (C=O) groups excluding carboxylic acids is 1. The van der Waals surface area contributed by atoms with Gasteiger partial charge in [-0.3, -0.25) is 14.5 Å². The number of aromatic nitrogens is 2. The van der Waals surface area contributed by atoms with Crippen LogP contribution in [-0.2, 0) is 16.0 Å². The number of benzene rings is 1. The van der Waals surface area contributed by atoms with E-state index in [4.69, 9.17) is 4.74 Å². The summed E-state index contributed by atoms with van der Waals surface area (Å²) in [6, 6.07) is 7.53. The quantitative estimate of drug-likeness (QED) is 0.766. The highest BCUT2D eigenvalue weighted by Crippen LogP contribution is 2.14. The van der Waals surface area contributed by atoms with Crippen LogP contribution < -0.4 is 10.9 Å². The molecule has 0 aliphatic carbocycles. The average molecular weight is 372 g/mol. The van der Waals surface area contributed by atoms with Crippen molar-refractivity contribution in [2.75, 3.05) is 32.8 Å². The van der Waals surface area contributed by atoms with Gasteiger partial charge in [-0.15, -0.1) is 0 Å². The van der Waals surface area contributed by atoms with Gasteiger partial charge in [-0.1, -0.05) is 32.0 Å². The molecule has 1 aromatic heterocycles. The zero-order chi connectivity index (χ0) is 19.2. The standard InChI is InChI=1S/C20H28N4O3/c1-14(2)11-15(24-7-9-27-10-8-24)13-21-19(25)12-18-16-5-3-4-6-17(16)20(26)23-22-18/h3-6,14-15H,7-13H2,1-2H3,(H,21,25)(H,23,26)/t15-/m1/s1. The molecule has 146 valence electrons. The van der Waals surface area contributed by atoms with E-state index < -0.39 is 0 Å². The Morgan fingerprint density at radius 1 is 1.26 bits per heavy atom. The van der Waals surface area contributed by atoms with Crippen LogP contribution in [0, 0.1) is 5.92 Å². The summed E-state index contributed by atoms with van der Waals surface area (Å²) in [5.74, 6) is 0.473. The van der Waals surface area contributed by atoms with Crippen LogP contribution >= 0.6 is 0 Å². The number of amides is 1. The van der Waals surface area contributed by atoms with Crippen molar-refractivity contribution in [3.8, 4) is 0 Å². The second-order valence-corrected chi connectivity index (χ2v) is 7.46. The minimum atomic E-state index is -0.237. The summed E-state index contributed by atoms with van der Waals surface area (Å²) >= 11 is 0. The smallest absolute Gasteiger partial charge is 0.272 e. The van der Waals surface area contributed by atoms with E-state index in [0.29, 0.717) is 29.6 Å². The Kier molecular flexibility index (Phi) is 6.58. The van der Waals surface area contributed by atoms with E-state index in [1.165, 1.54) is 0 Å². The first-order valence-corrected chi connectivity index (χ1v) is 9.59. The van der Waals surface area contributed by atoms with Crippen molar-refractivity contribution in [3.63, 3.8) is 0 Å². The van der Waals surface area contributed by atoms with E-state index >= 15 is 0 Å². The van der Waals surface area contributed by atoms with Gasteiger partial charge in [0.25, 0.3) is 5.56 Å². The maximum Gasteiger partial charge on any atom is 0.272 e. The molecule has 1 aliphatic rings. The molecule has 0 spiro atoms. The molecule has 2 N–H and O–H groups in total. The molecule has 1 saturated heterocycles. The normalized spacial score (nSPS) is 16.6. The minimum Gasteiger partial charge on any atom is -0.379 e. The van der Waals surface area contributed by atoms with Crippen LogP contribution in [0.5, 0.6) is 0 Å². The molecule has 7 heteroatoms. The predicted octanol–water partition coefficient (Wildman–Crippen LogP) is 1.33. The van der Waals surface area contributed by atoms with Crippen LogP contribution in [0.25, 0.3) is 10.8 Å². The van der Waals surface area contributed by atoms with Crippen molar-refractivity contribution in [2.24, 2.45) is 5.92 Å². The van der Waals surface area contributed by atoms with Crippen molar-refractivity contribution in [1.29, 1.82) is 0 Å². The van der Waals surface area contributed by atoms with Crippen molar-refractivity contribution in [2.45, 2.75) is 32.7 Å². The van der Waals surface area contributed by atoms with Crippen molar-refractivity contribution in [1.82, 2.24) is 20.4 Å². The van der Waals surface area contributed by atoms with Crippen LogP contribution in [0.4, 0.5) is 0 Å². The second kappa shape index (κ2) is 9.10. The van der Waals surface area contributed by atoms with E-state index in [9.17, 15) is 9.59 Å². The Balaban J connectivity index is 1.64. The Bertz CT molecular complexity index is 827. The number of nitrogens with zero attached hydrogens (tertiary/aromatic N) is 2. The maximum atomic E-state index is 12.5. The van der Waals surface area contributed by atoms with Crippen molar-refractivity contribution >= 4 is 16.7 Å². The number of hydrogen-bond acceptors (Lipinski definition) is 5. The fourth-order valence-electron chi connectivity index (χ4n) is 3.60. The summed E-state index contributed by atoms with van der Waals surface area (Å²) in [5.41, 5.74) is 0.355. The van der Waals surface area contributed by atoms with E-state index in [0.717, 1.165) is 38.1 Å². The number of hydrogen-bond donors (Lipinski definition) is 2. The first kappa shape index (κ1) is 19.5. The molecule has 27 heavy (non-hydrogen) atoms. The molecule has 3 rings (SSSR count). The maximum absolute atomic E-state index is 12.5. The van der Waals surface area contributed by atoms with E-state index in [-0.39, 0.29) is 17.9 Å². The van der Waals surface area contributed by atoms with Crippen LogP contribution in [0.2, 0.25) is 0 Å². The zero-order valence-corrected chi connectivity index (χ0v) is 16.0. The third-order valence-corrected chi connectivity index (χ3v) is 4.94. The van der Waals surface area contributed by atoms with Gasteiger partial charge in [0.15, 0.2) is 0 Å². The Labute approximate surface area is 159 Å². The van der Waals surface area contributed by atoms with Gasteiger partial charge in [-0.25, -0.2) is 5.10 Å². The average Bonchev–Trinajstić information content (AvgIpc) is 2.68. The second-order valence-electron chi connectivity index (χ2n) is 7.46. The van der Waals surface area contributed by atoms with Gasteiger partial charge in [0.2, 0.25) is 5.91 Å². The molecule has 1 aromatic carbocycles. The number of rotatable bonds is 7. The highest BCUT2D eigenvalue weighted by molar-refractivity contribution is 5.88. The number of aromatic amines is 1. The van der Waals surface area contributed by atoms with Gasteiger partial charge in [0.1, 0.15) is 0 Å². The van der Waals surface area contributed by atoms with E-state index in [1.54, 1.807) is 12.1 Å². The lowest BCUT2D eigenvalue weighted by Crippen LogP contribution is -2.49. The molecule has 2 heterocycles. The van der Waals surface area contributed by atoms with Crippen molar-refractivity contribution in [3.05, 3.63) is 40.3 Å². The number of morpholine rings is 1. The number of carbonyl (C=O) groups is 1. The van der Waals surface area contributed by atoms with Crippen LogP contribution in [0.15, 0.2) is 29.1 Å². The first-order chi connectivity index (χ1) is 13.0. The molecule has 1 amide bonds. The highest BCUT2D eigenvalue weighted by Gasteiger charge is 2.22. The molecule has 2 aromatic rings. The highest BCUT2D eigenvalue weighted by atomic mass is 16.5. The topological polar surface area (TPSA) is 87.3 Å². The molecule has 7 nitrogen and oxygen atoms in total. The lowest BCUT2D eigenvalue weighted by atomic mass is 10.0. The summed E-state index contributed by atoms with van der Waals surface area (Å²) in [6.07, 6.45) is 1.18. The summed E-state index contributed by atoms with van der Waals surface area (Å²) in [6.45, 7) is 8.31. The minimum absolute atomic E-state index is 0.0817. The number of fused-ring (bicyclic) bond motifs is 1. The molecule has 1 fully saturated rings. The molecular weight excluding hydrogens is 344 g/mol. The molecule has 0 bridgehead atoms. The fourth-order valence-corrected chi connectivity index (χ4v) is 3.60. The van der Waals surface area contributed by atoms with Gasteiger partial charge >= 0.3 is 0 Å². The van der Waals surface area contributed by atoms with Crippen LogP contribution in [-0.4, -0.2) is 59.9 Å². The molecule has 0 saturated carbocycles. The monoisotopic (exact) mass is 372 g/mol. The summed E-state index contributed by atoms with van der Waals surface area (Å²) < 4.78 is 5.44. The van der Waals surface area contributed by atoms with Crippen LogP contribution in [0.3, 0.4) is 0 Å². The molecule has 1 aliphatic heterocycles. The predicted molar refractivity (Wildman–Crippen MR) is 105 cm³/mol. The summed E-state index contributed by atoms with van der Waals surface area (Å²) in [4.78, 5) is 26.8. The Morgan fingerprint density at radius 3 is 2.67 bits per heavy atom. The number of H-pyrrole nitrogens is 1. The lowest BCUT2D eigenvalue weighted by molar-refractivity contribution is -0.120. The van der Waals surface area contributed by atoms with Gasteiger partial charge in [0, 0.05) is 31.1 Å². The summed E-state index contributed by atoms with van der Waals surface area (Å²) in [5, 5.41) is 10.9. The summed E-state index contributed by atoms with van der Waals surface area (Å²) in [7, 11) is 0. The number of ether oxygens (including phenoxy) is 1. The fraction of sp³-hybridized carbons (Fsp3) is 0.550. The third-order valence-electron chi connectivity index (χ3n) is 4.94. The van der Waals surface area contributed by atoms with Crippen molar-refractivity contribution < 1.29 is 9.53 Å². The number of nitrogens with one attached hydrogen (secondary N) is 2. The Hall–Kier alpha value is -2.25. The molecule has 0 radical (unpaired) electrons. The zero-order valence-electron chi connectivity index (χ0n) is 16.0. The first-order valence-electron chi connectivity index (χ1n) is 9.59. The van der Waals surface area contributed by atoms with Gasteiger partial charge in [-0.2, -0.15) is 5.10 Å². The lowest BCUT2D eigenvalue weighted by Gasteiger charge is -2.35. The van der Waals surface area contributed by atoms with E-state index in [1.807, 2.05) is 12.1 Å². The van der Waals surface area contributed by atoms with Gasteiger partial charge in [0.05, 0.1) is 30.7 Å². The van der Waals surface area contributed by atoms with E-state index in [2.05, 4.69) is 34.3 Å². The SMILES string of the molecule is CC(C)C[C@H](CNC(=O)Cc1n[nH]c(=O)c2ccccc12)N1CCOCC1. The van der Waals surface area contributed by atoms with Crippen LogP contribution in [0.1, 0.15) is 26.0 Å². The molecule has 0 unspecified atom stereocenters.